The van der Waals surface area contributed by atoms with E-state index in [0.29, 0.717) is 10.7 Å². The first-order chi connectivity index (χ1) is 9.78. The maximum atomic E-state index is 5.85. The van der Waals surface area contributed by atoms with E-state index in [1.807, 2.05) is 0 Å². The predicted octanol–water partition coefficient (Wildman–Crippen LogP) is 5.53. The Morgan fingerprint density at radius 2 is 2.10 bits per heavy atom. The van der Waals surface area contributed by atoms with E-state index in [2.05, 4.69) is 47.1 Å². The molecule has 1 aliphatic heterocycles. The van der Waals surface area contributed by atoms with E-state index in [4.69, 9.17) is 4.74 Å². The molecule has 1 aromatic carbocycles. The van der Waals surface area contributed by atoms with Gasteiger partial charge in [0.15, 0.2) is 0 Å². The summed E-state index contributed by atoms with van der Waals surface area (Å²) >= 11 is 3.94. The number of hydrogen-bond donors (Lipinski definition) is 0. The van der Waals surface area contributed by atoms with Gasteiger partial charge in [-0.05, 0) is 43.6 Å². The van der Waals surface area contributed by atoms with E-state index >= 15 is 0 Å². The molecule has 0 amide bonds. The van der Waals surface area contributed by atoms with Crippen molar-refractivity contribution in [2.75, 3.05) is 6.61 Å². The average Bonchev–Trinajstić information content (AvgIpc) is 2.86. The van der Waals surface area contributed by atoms with Crippen LogP contribution < -0.4 is 4.74 Å². The molecule has 1 heterocycles. The maximum Gasteiger partial charge on any atom is 0.122 e. The van der Waals surface area contributed by atoms with Gasteiger partial charge in [-0.3, -0.25) is 0 Å². The number of rotatable bonds is 4. The molecule has 0 aromatic heterocycles. The van der Waals surface area contributed by atoms with Crippen molar-refractivity contribution >= 4 is 15.9 Å². The number of benzene rings is 1. The number of para-hydroxylation sites is 1. The molecule has 0 bridgehead atoms. The molecular weight excluding hydrogens is 312 g/mol. The molecule has 2 heteroatoms. The molecule has 1 aromatic rings. The lowest BCUT2D eigenvalue weighted by atomic mass is 9.75. The summed E-state index contributed by atoms with van der Waals surface area (Å²) in [5.74, 6) is 3.50. The summed E-state index contributed by atoms with van der Waals surface area (Å²) in [4.78, 5) is 0.711. The van der Waals surface area contributed by atoms with Crippen LogP contribution in [0.15, 0.2) is 24.3 Å². The zero-order valence-electron chi connectivity index (χ0n) is 12.4. The average molecular weight is 337 g/mol. The highest BCUT2D eigenvalue weighted by Gasteiger charge is 2.33. The summed E-state index contributed by atoms with van der Waals surface area (Å²) in [5, 5.41) is 0. The van der Waals surface area contributed by atoms with Gasteiger partial charge in [0.25, 0.3) is 0 Å². The van der Waals surface area contributed by atoms with E-state index < -0.39 is 0 Å². The lowest BCUT2D eigenvalue weighted by Gasteiger charge is -2.34. The Morgan fingerprint density at radius 1 is 1.25 bits per heavy atom. The monoisotopic (exact) mass is 336 g/mol. The minimum atomic E-state index is 0.608. The largest absolute Gasteiger partial charge is 0.493 e. The molecule has 0 spiro atoms. The van der Waals surface area contributed by atoms with Crippen LogP contribution in [0, 0.1) is 11.8 Å². The van der Waals surface area contributed by atoms with Crippen LogP contribution >= 0.6 is 15.9 Å². The molecule has 1 nitrogen and oxygen atoms in total. The fourth-order valence-corrected chi connectivity index (χ4v) is 4.72. The lowest BCUT2D eigenvalue weighted by molar-refractivity contribution is 0.229. The topological polar surface area (TPSA) is 9.23 Å². The van der Waals surface area contributed by atoms with Crippen molar-refractivity contribution in [3.8, 4) is 5.75 Å². The molecule has 4 atom stereocenters. The van der Waals surface area contributed by atoms with Gasteiger partial charge in [-0.2, -0.15) is 0 Å². The van der Waals surface area contributed by atoms with Crippen LogP contribution in [0.4, 0.5) is 0 Å². The van der Waals surface area contributed by atoms with E-state index in [1.165, 1.54) is 44.1 Å². The second-order valence-corrected chi connectivity index (χ2v) is 7.70. The first kappa shape index (κ1) is 14.4. The molecule has 1 fully saturated rings. The van der Waals surface area contributed by atoms with Crippen LogP contribution in [-0.4, -0.2) is 11.4 Å². The van der Waals surface area contributed by atoms with E-state index in [9.17, 15) is 0 Å². The second kappa shape index (κ2) is 6.51. The van der Waals surface area contributed by atoms with Gasteiger partial charge < -0.3 is 4.74 Å². The van der Waals surface area contributed by atoms with E-state index in [1.54, 1.807) is 0 Å². The first-order valence-electron chi connectivity index (χ1n) is 8.13. The molecule has 0 saturated heterocycles. The van der Waals surface area contributed by atoms with Crippen molar-refractivity contribution in [3.05, 3.63) is 29.8 Å². The summed E-state index contributed by atoms with van der Waals surface area (Å²) in [5.41, 5.74) is 1.44. The summed E-state index contributed by atoms with van der Waals surface area (Å²) in [6.07, 6.45) is 8.20. The van der Waals surface area contributed by atoms with Crippen molar-refractivity contribution in [3.63, 3.8) is 0 Å². The maximum absolute atomic E-state index is 5.85. The Bertz CT molecular complexity index is 445. The molecule has 20 heavy (non-hydrogen) atoms. The highest BCUT2D eigenvalue weighted by Crippen LogP contribution is 2.44. The highest BCUT2D eigenvalue weighted by molar-refractivity contribution is 9.09. The summed E-state index contributed by atoms with van der Waals surface area (Å²) in [6, 6.07) is 8.59. The van der Waals surface area contributed by atoms with Crippen molar-refractivity contribution in [1.82, 2.24) is 0 Å². The molecule has 3 rings (SSSR count). The normalized spacial score (nSPS) is 32.7. The smallest absolute Gasteiger partial charge is 0.122 e. The van der Waals surface area contributed by atoms with Crippen molar-refractivity contribution < 1.29 is 4.74 Å². The minimum absolute atomic E-state index is 0.608. The Hall–Kier alpha value is -0.500. The molecule has 2 aliphatic rings. The Morgan fingerprint density at radius 3 is 2.95 bits per heavy atom. The lowest BCUT2D eigenvalue weighted by Crippen LogP contribution is -2.27. The molecule has 110 valence electrons. The van der Waals surface area contributed by atoms with Crippen LogP contribution in [0.1, 0.15) is 56.9 Å². The molecular formula is C18H25BrO. The van der Waals surface area contributed by atoms with Gasteiger partial charge >= 0.3 is 0 Å². The van der Waals surface area contributed by atoms with Crippen LogP contribution in [0.5, 0.6) is 5.75 Å². The summed E-state index contributed by atoms with van der Waals surface area (Å²) < 4.78 is 5.85. The Labute approximate surface area is 131 Å². The van der Waals surface area contributed by atoms with Gasteiger partial charge in [-0.25, -0.2) is 0 Å². The SMILES string of the molecule is CCCC1CCC(Br)C(CC2COc3ccccc32)C1. The van der Waals surface area contributed by atoms with Gasteiger partial charge in [-0.1, -0.05) is 53.9 Å². The van der Waals surface area contributed by atoms with Gasteiger partial charge in [0, 0.05) is 16.3 Å². The highest BCUT2D eigenvalue weighted by atomic mass is 79.9. The fourth-order valence-electron chi connectivity index (χ4n) is 4.03. The van der Waals surface area contributed by atoms with Gasteiger partial charge in [-0.15, -0.1) is 0 Å². The second-order valence-electron chi connectivity index (χ2n) is 6.53. The van der Waals surface area contributed by atoms with Crippen LogP contribution in [0.2, 0.25) is 0 Å². The number of ether oxygens (including phenoxy) is 1. The Kier molecular flexibility index (Phi) is 4.70. The third kappa shape index (κ3) is 3.05. The molecule has 0 radical (unpaired) electrons. The minimum Gasteiger partial charge on any atom is -0.493 e. The molecule has 4 unspecified atom stereocenters. The Balaban J connectivity index is 1.65. The number of hydrogen-bond acceptors (Lipinski definition) is 1. The molecule has 1 aliphatic carbocycles. The van der Waals surface area contributed by atoms with Crippen LogP contribution in [0.3, 0.4) is 0 Å². The quantitative estimate of drug-likeness (QED) is 0.656. The predicted molar refractivity (Wildman–Crippen MR) is 87.7 cm³/mol. The number of halogens is 1. The zero-order valence-corrected chi connectivity index (χ0v) is 13.9. The standard InChI is InChI=1S/C18H25BrO/c1-2-5-13-8-9-17(19)14(10-13)11-15-12-20-18-7-4-3-6-16(15)18/h3-4,6-7,13-15,17H,2,5,8-12H2,1H3. The van der Waals surface area contributed by atoms with Gasteiger partial charge in [0.05, 0.1) is 6.61 Å². The van der Waals surface area contributed by atoms with Crippen molar-refractivity contribution in [1.29, 1.82) is 0 Å². The van der Waals surface area contributed by atoms with E-state index in [0.717, 1.165) is 24.2 Å². The molecule has 0 N–H and O–H groups in total. The summed E-state index contributed by atoms with van der Waals surface area (Å²) in [6.45, 7) is 3.20. The molecule has 1 saturated carbocycles. The van der Waals surface area contributed by atoms with Gasteiger partial charge in [0.1, 0.15) is 5.75 Å². The third-order valence-electron chi connectivity index (χ3n) is 5.08. The van der Waals surface area contributed by atoms with Gasteiger partial charge in [0.2, 0.25) is 0 Å². The van der Waals surface area contributed by atoms with E-state index in [-0.39, 0.29) is 0 Å². The number of alkyl halides is 1. The van der Waals surface area contributed by atoms with Crippen LogP contribution in [0.25, 0.3) is 0 Å². The van der Waals surface area contributed by atoms with Crippen molar-refractivity contribution in [2.24, 2.45) is 11.8 Å². The third-order valence-corrected chi connectivity index (χ3v) is 6.29. The fraction of sp³-hybridized carbons (Fsp3) is 0.667. The summed E-state index contributed by atoms with van der Waals surface area (Å²) in [7, 11) is 0. The number of fused-ring (bicyclic) bond motifs is 1. The van der Waals surface area contributed by atoms with Crippen molar-refractivity contribution in [2.45, 2.75) is 56.2 Å². The zero-order chi connectivity index (χ0) is 13.9. The van der Waals surface area contributed by atoms with Crippen LogP contribution in [-0.2, 0) is 0 Å². The first-order valence-corrected chi connectivity index (χ1v) is 9.05.